The van der Waals surface area contributed by atoms with Gasteiger partial charge in [-0.1, -0.05) is 24.6 Å². The van der Waals surface area contributed by atoms with E-state index in [1.165, 1.54) is 53.7 Å². The number of piperidine rings is 1. The molecule has 1 atom stereocenters. The summed E-state index contributed by atoms with van der Waals surface area (Å²) in [6.45, 7) is 3.83. The number of ether oxygens (including phenoxy) is 1. The highest BCUT2D eigenvalue weighted by molar-refractivity contribution is 7.89. The van der Waals surface area contributed by atoms with Crippen LogP contribution in [0.5, 0.6) is 0 Å². The summed E-state index contributed by atoms with van der Waals surface area (Å²) in [5.74, 6) is -1.64. The summed E-state index contributed by atoms with van der Waals surface area (Å²) in [5.41, 5.74) is 0.164. The number of nitrogens with zero attached hydrogens (tertiary/aromatic N) is 2. The second kappa shape index (κ2) is 10.1. The Morgan fingerprint density at radius 1 is 1.12 bits per heavy atom. The van der Waals surface area contributed by atoms with Gasteiger partial charge >= 0.3 is 5.97 Å². The lowest BCUT2D eigenvalue weighted by molar-refractivity contribution is -0.383. The lowest BCUT2D eigenvalue weighted by Gasteiger charge is -2.26. The first-order valence-electron chi connectivity index (χ1n) is 10.5. The third-order valence-corrected chi connectivity index (χ3v) is 7.41. The molecule has 3 rings (SSSR count). The number of hydrogen-bond donors (Lipinski definition) is 1. The van der Waals surface area contributed by atoms with Gasteiger partial charge in [0, 0.05) is 19.2 Å². The van der Waals surface area contributed by atoms with Gasteiger partial charge in [-0.15, -0.1) is 0 Å². The molecule has 33 heavy (non-hydrogen) atoms. The Balaban J connectivity index is 1.74. The third kappa shape index (κ3) is 5.55. The van der Waals surface area contributed by atoms with Gasteiger partial charge in [-0.05, 0) is 50.5 Å². The first kappa shape index (κ1) is 24.3. The molecular formula is C22H25N3O7S. The summed E-state index contributed by atoms with van der Waals surface area (Å²) in [6.07, 6.45) is 1.27. The number of nitro groups is 1. The molecule has 2 aromatic carbocycles. The number of aryl methyl sites for hydroxylation is 1. The average molecular weight is 476 g/mol. The number of anilines is 1. The van der Waals surface area contributed by atoms with E-state index in [9.17, 15) is 28.1 Å². The van der Waals surface area contributed by atoms with Crippen molar-refractivity contribution in [3.8, 4) is 0 Å². The van der Waals surface area contributed by atoms with Crippen LogP contribution in [0.15, 0.2) is 47.4 Å². The van der Waals surface area contributed by atoms with Crippen LogP contribution in [0, 0.1) is 17.0 Å². The lowest BCUT2D eigenvalue weighted by atomic mass is 10.1. The molecule has 2 aromatic rings. The Bertz CT molecular complexity index is 1170. The number of carbonyl (C=O) groups is 2. The lowest BCUT2D eigenvalue weighted by Crippen LogP contribution is -2.36. The Kier molecular flexibility index (Phi) is 7.44. The number of hydrogen-bond acceptors (Lipinski definition) is 7. The van der Waals surface area contributed by atoms with E-state index in [-0.39, 0.29) is 21.8 Å². The van der Waals surface area contributed by atoms with Gasteiger partial charge in [0.15, 0.2) is 6.10 Å². The quantitative estimate of drug-likeness (QED) is 0.369. The van der Waals surface area contributed by atoms with Crippen molar-refractivity contribution in [3.63, 3.8) is 0 Å². The largest absolute Gasteiger partial charge is 0.449 e. The van der Waals surface area contributed by atoms with Crippen LogP contribution in [0.4, 0.5) is 11.4 Å². The zero-order valence-corrected chi connectivity index (χ0v) is 19.1. The molecule has 1 heterocycles. The van der Waals surface area contributed by atoms with E-state index >= 15 is 0 Å². The van der Waals surface area contributed by atoms with E-state index in [0.29, 0.717) is 18.7 Å². The van der Waals surface area contributed by atoms with Gasteiger partial charge in [-0.2, -0.15) is 4.31 Å². The zero-order chi connectivity index (χ0) is 24.2. The molecule has 11 heteroatoms. The molecule has 1 aliphatic rings. The van der Waals surface area contributed by atoms with E-state index in [1.54, 1.807) is 6.92 Å². The molecule has 0 radical (unpaired) electrons. The fourth-order valence-electron chi connectivity index (χ4n) is 3.50. The molecule has 1 fully saturated rings. The summed E-state index contributed by atoms with van der Waals surface area (Å²) in [4.78, 5) is 35.6. The number of carbonyl (C=O) groups excluding carboxylic acids is 2. The van der Waals surface area contributed by atoms with Crippen LogP contribution in [-0.4, -0.2) is 48.7 Å². The van der Waals surface area contributed by atoms with E-state index in [1.807, 2.05) is 0 Å². The minimum atomic E-state index is -3.76. The van der Waals surface area contributed by atoms with Gasteiger partial charge < -0.3 is 10.1 Å². The van der Waals surface area contributed by atoms with E-state index in [4.69, 9.17) is 4.74 Å². The van der Waals surface area contributed by atoms with Crippen molar-refractivity contribution in [2.45, 2.75) is 44.1 Å². The van der Waals surface area contributed by atoms with Crippen molar-refractivity contribution in [2.75, 3.05) is 18.4 Å². The fraction of sp³-hybridized carbons (Fsp3) is 0.364. The molecule has 0 aromatic heterocycles. The Morgan fingerprint density at radius 3 is 2.45 bits per heavy atom. The van der Waals surface area contributed by atoms with Crippen molar-refractivity contribution in [3.05, 3.63) is 63.7 Å². The minimum Gasteiger partial charge on any atom is -0.449 e. The minimum absolute atomic E-state index is 0.0125. The van der Waals surface area contributed by atoms with Crippen LogP contribution in [0.25, 0.3) is 0 Å². The number of amides is 1. The van der Waals surface area contributed by atoms with Crippen LogP contribution in [0.3, 0.4) is 0 Å². The van der Waals surface area contributed by atoms with E-state index in [2.05, 4.69) is 5.32 Å². The highest BCUT2D eigenvalue weighted by atomic mass is 32.2. The second-order valence-corrected chi connectivity index (χ2v) is 9.66. The van der Waals surface area contributed by atoms with Crippen molar-refractivity contribution in [2.24, 2.45) is 0 Å². The summed E-state index contributed by atoms with van der Waals surface area (Å²) in [6, 6.07) is 9.80. The molecule has 1 unspecified atom stereocenters. The molecule has 1 amide bonds. The van der Waals surface area contributed by atoms with Crippen molar-refractivity contribution < 1.29 is 27.7 Å². The second-order valence-electron chi connectivity index (χ2n) is 7.76. The zero-order valence-electron chi connectivity index (χ0n) is 18.3. The first-order chi connectivity index (χ1) is 15.6. The monoisotopic (exact) mass is 475 g/mol. The number of nitro benzene ring substituents is 1. The van der Waals surface area contributed by atoms with E-state index < -0.39 is 32.9 Å². The van der Waals surface area contributed by atoms with Crippen LogP contribution in [-0.2, 0) is 19.6 Å². The number of sulfonamides is 1. The maximum absolute atomic E-state index is 13.1. The topological polar surface area (TPSA) is 136 Å². The van der Waals surface area contributed by atoms with Crippen molar-refractivity contribution in [1.82, 2.24) is 4.31 Å². The Hall–Kier alpha value is -3.31. The summed E-state index contributed by atoms with van der Waals surface area (Å²) in [5, 5.41) is 13.5. The van der Waals surface area contributed by atoms with Gasteiger partial charge in [-0.25, -0.2) is 13.2 Å². The molecular weight excluding hydrogens is 450 g/mol. The number of para-hydroxylation sites is 2. The predicted molar refractivity (Wildman–Crippen MR) is 120 cm³/mol. The highest BCUT2D eigenvalue weighted by Crippen LogP contribution is 2.26. The standard InChI is InChI=1S/C22H25N3O7S/c1-15-10-11-17(14-20(15)33(30,31)24-12-6-3-7-13-24)22(27)32-16(2)21(26)23-18-8-4-5-9-19(18)25(28)29/h4-5,8-11,14,16H,3,6-7,12-13H2,1-2H3,(H,23,26). The SMILES string of the molecule is Cc1ccc(C(=O)OC(C)C(=O)Nc2ccccc2[N+](=O)[O-])cc1S(=O)(=O)N1CCCCC1. The molecule has 0 bridgehead atoms. The molecule has 0 spiro atoms. The number of esters is 1. The molecule has 1 aliphatic heterocycles. The average Bonchev–Trinajstić information content (AvgIpc) is 2.79. The van der Waals surface area contributed by atoms with Crippen LogP contribution in [0.2, 0.25) is 0 Å². The van der Waals surface area contributed by atoms with Crippen LogP contribution in [0.1, 0.15) is 42.1 Å². The van der Waals surface area contributed by atoms with Crippen LogP contribution >= 0.6 is 0 Å². The van der Waals surface area contributed by atoms with Crippen LogP contribution < -0.4 is 5.32 Å². The number of nitrogens with one attached hydrogen (secondary N) is 1. The maximum Gasteiger partial charge on any atom is 0.338 e. The molecule has 0 saturated carbocycles. The predicted octanol–water partition coefficient (Wildman–Crippen LogP) is 3.26. The first-order valence-corrected chi connectivity index (χ1v) is 11.9. The van der Waals surface area contributed by atoms with Gasteiger partial charge in [0.05, 0.1) is 15.4 Å². The molecule has 1 N–H and O–H groups in total. The Labute approximate surface area is 191 Å². The summed E-state index contributed by atoms with van der Waals surface area (Å²) >= 11 is 0. The molecule has 10 nitrogen and oxygen atoms in total. The van der Waals surface area contributed by atoms with Gasteiger partial charge in [0.1, 0.15) is 5.69 Å². The van der Waals surface area contributed by atoms with E-state index in [0.717, 1.165) is 19.3 Å². The van der Waals surface area contributed by atoms with Gasteiger partial charge in [0.25, 0.3) is 11.6 Å². The normalized spacial score (nSPS) is 15.5. The summed E-state index contributed by atoms with van der Waals surface area (Å²) < 4.78 is 32.7. The molecule has 1 saturated heterocycles. The summed E-state index contributed by atoms with van der Waals surface area (Å²) in [7, 11) is -3.76. The van der Waals surface area contributed by atoms with Crippen molar-refractivity contribution >= 4 is 33.3 Å². The van der Waals surface area contributed by atoms with Gasteiger partial charge in [0.2, 0.25) is 10.0 Å². The molecule has 0 aliphatic carbocycles. The van der Waals surface area contributed by atoms with Crippen molar-refractivity contribution in [1.29, 1.82) is 0 Å². The highest BCUT2D eigenvalue weighted by Gasteiger charge is 2.29. The van der Waals surface area contributed by atoms with Gasteiger partial charge in [-0.3, -0.25) is 14.9 Å². The number of benzene rings is 2. The maximum atomic E-state index is 13.1. The molecule has 176 valence electrons. The number of rotatable bonds is 7. The third-order valence-electron chi connectivity index (χ3n) is 5.37. The smallest absolute Gasteiger partial charge is 0.338 e. The Morgan fingerprint density at radius 2 is 1.79 bits per heavy atom. The fourth-order valence-corrected chi connectivity index (χ4v) is 5.27.